The number of aromatic nitrogens is 2. The van der Waals surface area contributed by atoms with Gasteiger partial charge in [-0.1, -0.05) is 29.8 Å². The zero-order valence-electron chi connectivity index (χ0n) is 8.14. The summed E-state index contributed by atoms with van der Waals surface area (Å²) in [5.41, 5.74) is 1.55. The monoisotopic (exact) mass is 220 g/mol. The minimum atomic E-state index is -0.186. The number of hydrogen-bond donors (Lipinski definition) is 0. The maximum absolute atomic E-state index is 11.6. The van der Waals surface area contributed by atoms with E-state index in [1.54, 1.807) is 0 Å². The molecule has 0 aliphatic rings. The lowest BCUT2D eigenvalue weighted by Crippen LogP contribution is -2.20. The minimum absolute atomic E-state index is 0.186. The second-order valence-electron chi connectivity index (χ2n) is 3.19. The van der Waals surface area contributed by atoms with E-state index in [4.69, 9.17) is 11.6 Å². The zero-order valence-corrected chi connectivity index (χ0v) is 8.90. The maximum Gasteiger partial charge on any atom is 0.271 e. The molecular formula is C11H9ClN2O. The molecule has 1 heterocycles. The third-order valence-corrected chi connectivity index (χ3v) is 2.31. The number of aryl methyl sites for hydroxylation is 1. The molecule has 0 fully saturated rings. The lowest BCUT2D eigenvalue weighted by atomic mass is 10.2. The van der Waals surface area contributed by atoms with E-state index < -0.39 is 0 Å². The molecule has 0 aliphatic carbocycles. The predicted octanol–water partition coefficient (Wildman–Crippen LogP) is 2.19. The Balaban J connectivity index is 2.69. The van der Waals surface area contributed by atoms with Crippen LogP contribution in [0, 0.1) is 6.92 Å². The normalized spacial score (nSPS) is 10.3. The van der Waals surface area contributed by atoms with E-state index in [2.05, 4.69) is 5.10 Å². The molecule has 0 spiro atoms. The fraction of sp³-hybridized carbons (Fsp3) is 0.0909. The number of rotatable bonds is 1. The Kier molecular flexibility index (Phi) is 2.56. The molecule has 15 heavy (non-hydrogen) atoms. The van der Waals surface area contributed by atoms with Crippen molar-refractivity contribution in [3.8, 4) is 5.69 Å². The molecule has 76 valence electrons. The lowest BCUT2D eigenvalue weighted by Gasteiger charge is -2.06. The van der Waals surface area contributed by atoms with Crippen molar-refractivity contribution in [1.82, 2.24) is 9.78 Å². The summed E-state index contributed by atoms with van der Waals surface area (Å²) >= 11 is 5.75. The van der Waals surface area contributed by atoms with E-state index >= 15 is 0 Å². The van der Waals surface area contributed by atoms with Gasteiger partial charge in [0.2, 0.25) is 0 Å². The second kappa shape index (κ2) is 3.87. The first-order valence-corrected chi connectivity index (χ1v) is 4.88. The SMILES string of the molecule is Cc1ccccc1-n1nc(Cl)ccc1=O. The summed E-state index contributed by atoms with van der Waals surface area (Å²) in [6.07, 6.45) is 0. The van der Waals surface area contributed by atoms with Gasteiger partial charge in [-0.2, -0.15) is 9.78 Å². The van der Waals surface area contributed by atoms with Crippen molar-refractivity contribution >= 4 is 11.6 Å². The standard InChI is InChI=1S/C11H9ClN2O/c1-8-4-2-3-5-9(8)14-11(15)7-6-10(12)13-14/h2-7H,1H3. The summed E-state index contributed by atoms with van der Waals surface area (Å²) in [5.74, 6) is 0. The minimum Gasteiger partial charge on any atom is -0.267 e. The van der Waals surface area contributed by atoms with Crippen LogP contribution in [0.2, 0.25) is 5.15 Å². The lowest BCUT2D eigenvalue weighted by molar-refractivity contribution is 0.802. The molecule has 4 heteroatoms. The molecule has 0 unspecified atom stereocenters. The number of nitrogens with zero attached hydrogens (tertiary/aromatic N) is 2. The Morgan fingerprint density at radius 3 is 2.67 bits per heavy atom. The molecule has 0 bridgehead atoms. The molecule has 0 radical (unpaired) electrons. The molecule has 0 saturated carbocycles. The van der Waals surface area contributed by atoms with Gasteiger partial charge < -0.3 is 0 Å². The van der Waals surface area contributed by atoms with Gasteiger partial charge in [-0.3, -0.25) is 4.79 Å². The van der Waals surface area contributed by atoms with Gasteiger partial charge in [0, 0.05) is 6.07 Å². The zero-order chi connectivity index (χ0) is 10.8. The third-order valence-electron chi connectivity index (χ3n) is 2.11. The van der Waals surface area contributed by atoms with Gasteiger partial charge in [0.25, 0.3) is 5.56 Å². The van der Waals surface area contributed by atoms with Gasteiger partial charge in [0.1, 0.15) is 5.15 Å². The van der Waals surface area contributed by atoms with Crippen LogP contribution in [-0.4, -0.2) is 9.78 Å². The van der Waals surface area contributed by atoms with E-state index in [1.165, 1.54) is 16.8 Å². The van der Waals surface area contributed by atoms with Crippen LogP contribution >= 0.6 is 11.6 Å². The quantitative estimate of drug-likeness (QED) is 0.739. The molecule has 2 rings (SSSR count). The Morgan fingerprint density at radius 2 is 1.93 bits per heavy atom. The first-order chi connectivity index (χ1) is 7.18. The topological polar surface area (TPSA) is 34.9 Å². The molecule has 2 aromatic rings. The van der Waals surface area contributed by atoms with Crippen LogP contribution in [0.3, 0.4) is 0 Å². The van der Waals surface area contributed by atoms with Crippen LogP contribution in [-0.2, 0) is 0 Å². The average Bonchev–Trinajstić information content (AvgIpc) is 2.23. The Labute approximate surface area is 91.9 Å². The van der Waals surface area contributed by atoms with Crippen molar-refractivity contribution in [2.45, 2.75) is 6.92 Å². The first kappa shape index (κ1) is 9.93. The highest BCUT2D eigenvalue weighted by Gasteiger charge is 2.03. The second-order valence-corrected chi connectivity index (χ2v) is 3.58. The Hall–Kier alpha value is -1.61. The van der Waals surface area contributed by atoms with Crippen LogP contribution in [0.1, 0.15) is 5.56 Å². The van der Waals surface area contributed by atoms with Crippen molar-refractivity contribution in [2.24, 2.45) is 0 Å². The maximum atomic E-state index is 11.6. The van der Waals surface area contributed by atoms with E-state index in [1.807, 2.05) is 31.2 Å². The van der Waals surface area contributed by atoms with Crippen LogP contribution in [0.4, 0.5) is 0 Å². The Morgan fingerprint density at radius 1 is 1.20 bits per heavy atom. The van der Waals surface area contributed by atoms with E-state index in [0.29, 0.717) is 5.15 Å². The molecule has 3 nitrogen and oxygen atoms in total. The van der Waals surface area contributed by atoms with Gasteiger partial charge >= 0.3 is 0 Å². The van der Waals surface area contributed by atoms with Gasteiger partial charge in [0.05, 0.1) is 5.69 Å². The molecule has 1 aromatic heterocycles. The largest absolute Gasteiger partial charge is 0.271 e. The molecular weight excluding hydrogens is 212 g/mol. The summed E-state index contributed by atoms with van der Waals surface area (Å²) < 4.78 is 1.30. The van der Waals surface area contributed by atoms with E-state index in [9.17, 15) is 4.79 Å². The van der Waals surface area contributed by atoms with Gasteiger partial charge in [0.15, 0.2) is 0 Å². The molecule has 0 saturated heterocycles. The van der Waals surface area contributed by atoms with Crippen LogP contribution in [0.25, 0.3) is 5.69 Å². The fourth-order valence-electron chi connectivity index (χ4n) is 1.36. The molecule has 0 amide bonds. The smallest absolute Gasteiger partial charge is 0.267 e. The number of hydrogen-bond acceptors (Lipinski definition) is 2. The van der Waals surface area contributed by atoms with Crippen molar-refractivity contribution in [3.05, 3.63) is 57.5 Å². The number of benzene rings is 1. The summed E-state index contributed by atoms with van der Waals surface area (Å²) in [5, 5.41) is 4.28. The first-order valence-electron chi connectivity index (χ1n) is 4.50. The van der Waals surface area contributed by atoms with Crippen LogP contribution in [0.5, 0.6) is 0 Å². The average molecular weight is 221 g/mol. The highest BCUT2D eigenvalue weighted by atomic mass is 35.5. The fourth-order valence-corrected chi connectivity index (χ4v) is 1.50. The van der Waals surface area contributed by atoms with E-state index in [-0.39, 0.29) is 5.56 Å². The highest BCUT2D eigenvalue weighted by molar-refractivity contribution is 6.29. The molecule has 0 aliphatic heterocycles. The molecule has 1 aromatic carbocycles. The van der Waals surface area contributed by atoms with Crippen molar-refractivity contribution in [2.75, 3.05) is 0 Å². The van der Waals surface area contributed by atoms with Crippen molar-refractivity contribution in [3.63, 3.8) is 0 Å². The molecule has 0 atom stereocenters. The van der Waals surface area contributed by atoms with Crippen LogP contribution in [0.15, 0.2) is 41.2 Å². The Bertz CT molecular complexity index is 548. The van der Waals surface area contributed by atoms with Crippen LogP contribution < -0.4 is 5.56 Å². The van der Waals surface area contributed by atoms with Gasteiger partial charge in [-0.25, -0.2) is 0 Å². The number of para-hydroxylation sites is 1. The highest BCUT2D eigenvalue weighted by Crippen LogP contribution is 2.10. The van der Waals surface area contributed by atoms with Gasteiger partial charge in [-0.15, -0.1) is 0 Å². The number of halogens is 1. The van der Waals surface area contributed by atoms with Crippen molar-refractivity contribution in [1.29, 1.82) is 0 Å². The van der Waals surface area contributed by atoms with Crippen molar-refractivity contribution < 1.29 is 0 Å². The summed E-state index contributed by atoms with van der Waals surface area (Å²) in [7, 11) is 0. The predicted molar refractivity (Wildman–Crippen MR) is 59.6 cm³/mol. The summed E-state index contributed by atoms with van der Waals surface area (Å²) in [4.78, 5) is 11.6. The summed E-state index contributed by atoms with van der Waals surface area (Å²) in [6.45, 7) is 1.92. The summed E-state index contributed by atoms with van der Waals surface area (Å²) in [6, 6.07) is 10.4. The third kappa shape index (κ3) is 1.92. The van der Waals surface area contributed by atoms with Gasteiger partial charge in [-0.05, 0) is 24.6 Å². The van der Waals surface area contributed by atoms with E-state index in [0.717, 1.165) is 11.3 Å². The molecule has 0 N–H and O–H groups in total.